The molecule has 0 atom stereocenters. The highest BCUT2D eigenvalue weighted by atomic mass is 16.1. The Balaban J connectivity index is 1.50. The van der Waals surface area contributed by atoms with Crippen molar-refractivity contribution < 1.29 is 4.79 Å². The van der Waals surface area contributed by atoms with Gasteiger partial charge in [0.25, 0.3) is 0 Å². The van der Waals surface area contributed by atoms with Crippen LogP contribution in [0.3, 0.4) is 0 Å². The first-order valence-corrected chi connectivity index (χ1v) is 7.41. The summed E-state index contributed by atoms with van der Waals surface area (Å²) < 4.78 is 0. The van der Waals surface area contributed by atoms with Gasteiger partial charge < -0.3 is 11.1 Å². The SMILES string of the molecule is Nc1cccc(CCC(=O)NC2Cc3ccccc3C2)c1. The zero-order valence-corrected chi connectivity index (χ0v) is 12.0. The first-order valence-electron chi connectivity index (χ1n) is 7.41. The van der Waals surface area contributed by atoms with E-state index in [0.717, 1.165) is 30.5 Å². The highest BCUT2D eigenvalue weighted by Gasteiger charge is 2.21. The Kier molecular flexibility index (Phi) is 3.91. The predicted molar refractivity (Wildman–Crippen MR) is 85.0 cm³/mol. The maximum absolute atomic E-state index is 12.1. The van der Waals surface area contributed by atoms with Crippen molar-refractivity contribution in [3.8, 4) is 0 Å². The van der Waals surface area contributed by atoms with E-state index in [4.69, 9.17) is 5.73 Å². The van der Waals surface area contributed by atoms with Gasteiger partial charge in [-0.15, -0.1) is 0 Å². The molecule has 1 aliphatic carbocycles. The number of fused-ring (bicyclic) bond motifs is 1. The average Bonchev–Trinajstić information content (AvgIpc) is 2.87. The normalized spacial score (nSPS) is 13.9. The van der Waals surface area contributed by atoms with Gasteiger partial charge in [0, 0.05) is 18.2 Å². The molecule has 0 aromatic heterocycles. The molecule has 0 saturated carbocycles. The minimum atomic E-state index is 0.121. The molecular formula is C18H20N2O. The second kappa shape index (κ2) is 6.00. The van der Waals surface area contributed by atoms with Gasteiger partial charge in [0.2, 0.25) is 5.91 Å². The largest absolute Gasteiger partial charge is 0.399 e. The van der Waals surface area contributed by atoms with Gasteiger partial charge in [-0.25, -0.2) is 0 Å². The molecule has 2 aromatic carbocycles. The third-order valence-electron chi connectivity index (χ3n) is 4.01. The van der Waals surface area contributed by atoms with Crippen LogP contribution in [0.2, 0.25) is 0 Å². The van der Waals surface area contributed by atoms with Crippen LogP contribution >= 0.6 is 0 Å². The van der Waals surface area contributed by atoms with E-state index in [0.29, 0.717) is 6.42 Å². The number of hydrogen-bond donors (Lipinski definition) is 2. The molecule has 3 nitrogen and oxygen atoms in total. The number of nitrogens with two attached hydrogens (primary N) is 1. The lowest BCUT2D eigenvalue weighted by Crippen LogP contribution is -2.35. The van der Waals surface area contributed by atoms with Crippen molar-refractivity contribution in [3.05, 3.63) is 65.2 Å². The van der Waals surface area contributed by atoms with Gasteiger partial charge in [0.15, 0.2) is 0 Å². The number of aryl methyl sites for hydroxylation is 1. The fourth-order valence-corrected chi connectivity index (χ4v) is 2.97. The topological polar surface area (TPSA) is 55.1 Å². The van der Waals surface area contributed by atoms with E-state index in [1.54, 1.807) is 0 Å². The van der Waals surface area contributed by atoms with Crippen molar-refractivity contribution in [1.82, 2.24) is 5.32 Å². The number of hydrogen-bond acceptors (Lipinski definition) is 2. The van der Waals surface area contributed by atoms with E-state index in [9.17, 15) is 4.79 Å². The van der Waals surface area contributed by atoms with Crippen LogP contribution in [0.4, 0.5) is 5.69 Å². The number of amides is 1. The predicted octanol–water partition coefficient (Wildman–Crippen LogP) is 2.49. The molecule has 0 saturated heterocycles. The van der Waals surface area contributed by atoms with Crippen molar-refractivity contribution in [3.63, 3.8) is 0 Å². The number of benzene rings is 2. The molecule has 0 spiro atoms. The number of nitrogen functional groups attached to an aromatic ring is 1. The molecule has 1 aliphatic rings. The maximum Gasteiger partial charge on any atom is 0.220 e. The number of anilines is 1. The molecule has 108 valence electrons. The first kappa shape index (κ1) is 13.7. The Hall–Kier alpha value is -2.29. The second-order valence-corrected chi connectivity index (χ2v) is 5.69. The van der Waals surface area contributed by atoms with E-state index < -0.39 is 0 Å². The fourth-order valence-electron chi connectivity index (χ4n) is 2.97. The average molecular weight is 280 g/mol. The minimum Gasteiger partial charge on any atom is -0.399 e. The summed E-state index contributed by atoms with van der Waals surface area (Å²) in [6, 6.07) is 16.4. The summed E-state index contributed by atoms with van der Waals surface area (Å²) in [5, 5.41) is 3.14. The van der Waals surface area contributed by atoms with Gasteiger partial charge in [0.05, 0.1) is 0 Å². The summed E-state index contributed by atoms with van der Waals surface area (Å²) >= 11 is 0. The van der Waals surface area contributed by atoms with E-state index >= 15 is 0 Å². The Morgan fingerprint density at radius 1 is 1.10 bits per heavy atom. The summed E-state index contributed by atoms with van der Waals surface area (Å²) in [5.74, 6) is 0.121. The van der Waals surface area contributed by atoms with Gasteiger partial charge in [-0.1, -0.05) is 36.4 Å². The van der Waals surface area contributed by atoms with Crippen LogP contribution in [0.1, 0.15) is 23.1 Å². The molecule has 1 amide bonds. The van der Waals surface area contributed by atoms with Crippen molar-refractivity contribution in [2.24, 2.45) is 0 Å². The lowest BCUT2D eigenvalue weighted by Gasteiger charge is -2.12. The Morgan fingerprint density at radius 2 is 1.81 bits per heavy atom. The standard InChI is InChI=1S/C18H20N2O/c19-16-7-3-4-13(10-16)8-9-18(21)20-17-11-14-5-1-2-6-15(14)12-17/h1-7,10,17H,8-9,11-12,19H2,(H,20,21). The molecule has 0 heterocycles. The summed E-state index contributed by atoms with van der Waals surface area (Å²) in [6.45, 7) is 0. The quantitative estimate of drug-likeness (QED) is 0.845. The summed E-state index contributed by atoms with van der Waals surface area (Å²) in [4.78, 5) is 12.1. The van der Waals surface area contributed by atoms with Gasteiger partial charge in [-0.2, -0.15) is 0 Å². The molecule has 3 rings (SSSR count). The number of carbonyl (C=O) groups is 1. The van der Waals surface area contributed by atoms with Crippen molar-refractivity contribution in [2.75, 3.05) is 5.73 Å². The molecule has 3 heteroatoms. The van der Waals surface area contributed by atoms with Crippen molar-refractivity contribution in [1.29, 1.82) is 0 Å². The summed E-state index contributed by atoms with van der Waals surface area (Å²) in [5.41, 5.74) is 10.3. The van der Waals surface area contributed by atoms with E-state index in [1.165, 1.54) is 11.1 Å². The van der Waals surface area contributed by atoms with Crippen LogP contribution in [-0.2, 0) is 24.1 Å². The Morgan fingerprint density at radius 3 is 2.48 bits per heavy atom. The van der Waals surface area contributed by atoms with Crippen LogP contribution in [0.15, 0.2) is 48.5 Å². The van der Waals surface area contributed by atoms with E-state index in [-0.39, 0.29) is 11.9 Å². The Bertz CT molecular complexity index is 626. The zero-order chi connectivity index (χ0) is 14.7. The molecule has 0 bridgehead atoms. The number of nitrogens with one attached hydrogen (secondary N) is 1. The molecule has 0 fully saturated rings. The van der Waals surface area contributed by atoms with Crippen LogP contribution in [0, 0.1) is 0 Å². The third kappa shape index (κ3) is 3.43. The molecule has 0 radical (unpaired) electrons. The van der Waals surface area contributed by atoms with Crippen LogP contribution < -0.4 is 11.1 Å². The smallest absolute Gasteiger partial charge is 0.220 e. The summed E-state index contributed by atoms with van der Waals surface area (Å²) in [7, 11) is 0. The van der Waals surface area contributed by atoms with Gasteiger partial charge >= 0.3 is 0 Å². The second-order valence-electron chi connectivity index (χ2n) is 5.69. The molecule has 2 aromatic rings. The zero-order valence-electron chi connectivity index (χ0n) is 12.0. The summed E-state index contributed by atoms with van der Waals surface area (Å²) in [6.07, 6.45) is 3.13. The minimum absolute atomic E-state index is 0.121. The highest BCUT2D eigenvalue weighted by Crippen LogP contribution is 2.21. The van der Waals surface area contributed by atoms with Gasteiger partial charge in [-0.3, -0.25) is 4.79 Å². The lowest BCUT2D eigenvalue weighted by atomic mass is 10.1. The van der Waals surface area contributed by atoms with Crippen molar-refractivity contribution >= 4 is 11.6 Å². The third-order valence-corrected chi connectivity index (χ3v) is 4.01. The molecular weight excluding hydrogens is 260 g/mol. The maximum atomic E-state index is 12.1. The lowest BCUT2D eigenvalue weighted by molar-refractivity contribution is -0.121. The monoisotopic (exact) mass is 280 g/mol. The Labute approximate surface area is 125 Å². The van der Waals surface area contributed by atoms with Crippen LogP contribution in [-0.4, -0.2) is 11.9 Å². The van der Waals surface area contributed by atoms with Gasteiger partial charge in [0.1, 0.15) is 0 Å². The van der Waals surface area contributed by atoms with E-state index in [1.807, 2.05) is 24.3 Å². The molecule has 21 heavy (non-hydrogen) atoms. The van der Waals surface area contributed by atoms with Crippen LogP contribution in [0.5, 0.6) is 0 Å². The molecule has 3 N–H and O–H groups in total. The van der Waals surface area contributed by atoms with E-state index in [2.05, 4.69) is 29.6 Å². The highest BCUT2D eigenvalue weighted by molar-refractivity contribution is 5.76. The first-order chi connectivity index (χ1) is 10.2. The molecule has 0 unspecified atom stereocenters. The van der Waals surface area contributed by atoms with Crippen molar-refractivity contribution in [2.45, 2.75) is 31.7 Å². The van der Waals surface area contributed by atoms with Crippen LogP contribution in [0.25, 0.3) is 0 Å². The number of rotatable bonds is 4. The van der Waals surface area contributed by atoms with Gasteiger partial charge in [-0.05, 0) is 48.1 Å². The molecule has 0 aliphatic heterocycles. The fraction of sp³-hybridized carbons (Fsp3) is 0.278. The number of carbonyl (C=O) groups excluding carboxylic acids is 1.